The molecule has 0 spiro atoms. The number of fused-ring (bicyclic) bond motifs is 1. The van der Waals surface area contributed by atoms with Gasteiger partial charge in [-0.3, -0.25) is 9.78 Å². The summed E-state index contributed by atoms with van der Waals surface area (Å²) in [6.07, 6.45) is 3.39. The fourth-order valence-electron chi connectivity index (χ4n) is 1.25. The summed E-state index contributed by atoms with van der Waals surface area (Å²) in [6, 6.07) is 3.53. The van der Waals surface area contributed by atoms with E-state index in [9.17, 15) is 4.79 Å². The number of pyridine rings is 2. The Morgan fingerprint density at radius 3 is 3.08 bits per heavy atom. The minimum atomic E-state index is -0.0219. The van der Waals surface area contributed by atoms with E-state index in [1.807, 2.05) is 0 Å². The molecule has 0 bridgehead atoms. The van der Waals surface area contributed by atoms with E-state index in [4.69, 9.17) is 0 Å². The molecule has 0 aliphatic heterocycles. The third kappa shape index (κ3) is 1.27. The maximum Gasteiger partial charge on any atom is 0.259 e. The van der Waals surface area contributed by atoms with Crippen LogP contribution in [0.5, 0.6) is 0 Å². The summed E-state index contributed by atoms with van der Waals surface area (Å²) in [6.45, 7) is 0. The van der Waals surface area contributed by atoms with Crippen molar-refractivity contribution in [3.63, 3.8) is 0 Å². The summed E-state index contributed by atoms with van der Waals surface area (Å²) in [7, 11) is 1.72. The first kappa shape index (κ1) is 8.44. The number of aromatic nitrogens is 2. The van der Waals surface area contributed by atoms with Gasteiger partial charge < -0.3 is 4.57 Å². The molecule has 2 rings (SSSR count). The highest BCUT2D eigenvalue weighted by atomic mass is 79.9. The predicted octanol–water partition coefficient (Wildman–Crippen LogP) is 1.70. The molecular formula is C9H7BrN2O. The van der Waals surface area contributed by atoms with Crippen LogP contribution in [0.25, 0.3) is 10.9 Å². The molecule has 2 aromatic heterocycles. The third-order valence-corrected chi connectivity index (χ3v) is 2.47. The van der Waals surface area contributed by atoms with E-state index in [-0.39, 0.29) is 5.56 Å². The van der Waals surface area contributed by atoms with E-state index < -0.39 is 0 Å². The number of hydrogen-bond acceptors (Lipinski definition) is 2. The van der Waals surface area contributed by atoms with Gasteiger partial charge >= 0.3 is 0 Å². The molecule has 0 aliphatic carbocycles. The molecule has 3 nitrogen and oxygen atoms in total. The molecular weight excluding hydrogens is 232 g/mol. The molecule has 13 heavy (non-hydrogen) atoms. The molecule has 0 radical (unpaired) electrons. The van der Waals surface area contributed by atoms with Crippen molar-refractivity contribution >= 4 is 26.8 Å². The molecule has 0 fully saturated rings. The second kappa shape index (κ2) is 2.96. The number of hydrogen-bond donors (Lipinski definition) is 0. The SMILES string of the molecule is Cn1cc(Br)c2ncccc2c1=O. The highest BCUT2D eigenvalue weighted by Gasteiger charge is 2.04. The van der Waals surface area contributed by atoms with E-state index in [0.29, 0.717) is 10.9 Å². The first-order valence-corrected chi connectivity index (χ1v) is 4.59. The molecule has 0 atom stereocenters. The first-order chi connectivity index (χ1) is 6.20. The van der Waals surface area contributed by atoms with E-state index in [2.05, 4.69) is 20.9 Å². The van der Waals surface area contributed by atoms with E-state index in [0.717, 1.165) is 4.47 Å². The minimum Gasteiger partial charge on any atom is -0.317 e. The maximum absolute atomic E-state index is 11.6. The van der Waals surface area contributed by atoms with Crippen LogP contribution in [0.4, 0.5) is 0 Å². The van der Waals surface area contributed by atoms with Gasteiger partial charge in [0.25, 0.3) is 5.56 Å². The molecule has 2 heterocycles. The fraction of sp³-hybridized carbons (Fsp3) is 0.111. The average molecular weight is 239 g/mol. The van der Waals surface area contributed by atoms with Crippen molar-refractivity contribution in [2.45, 2.75) is 0 Å². The molecule has 0 aliphatic rings. The lowest BCUT2D eigenvalue weighted by Crippen LogP contribution is -2.16. The second-order valence-corrected chi connectivity index (χ2v) is 3.65. The summed E-state index contributed by atoms with van der Waals surface area (Å²) in [5.41, 5.74) is 0.692. The van der Waals surface area contributed by atoms with Crippen LogP contribution in [-0.2, 0) is 7.05 Å². The van der Waals surface area contributed by atoms with Crippen LogP contribution in [0.15, 0.2) is 33.8 Å². The second-order valence-electron chi connectivity index (χ2n) is 2.79. The van der Waals surface area contributed by atoms with Crippen LogP contribution >= 0.6 is 15.9 Å². The van der Waals surface area contributed by atoms with Crippen molar-refractivity contribution in [1.29, 1.82) is 0 Å². The Hall–Kier alpha value is -1.16. The predicted molar refractivity (Wildman–Crippen MR) is 54.7 cm³/mol. The molecule has 2 aromatic rings. The van der Waals surface area contributed by atoms with Crippen LogP contribution in [-0.4, -0.2) is 9.55 Å². The zero-order chi connectivity index (χ0) is 9.42. The van der Waals surface area contributed by atoms with Crippen LogP contribution in [0.3, 0.4) is 0 Å². The normalized spacial score (nSPS) is 10.6. The van der Waals surface area contributed by atoms with Crippen molar-refractivity contribution in [2.75, 3.05) is 0 Å². The quantitative estimate of drug-likeness (QED) is 0.701. The standard InChI is InChI=1S/C9H7BrN2O/c1-12-5-7(10)8-6(9(12)13)3-2-4-11-8/h2-5H,1H3. The lowest BCUT2D eigenvalue weighted by molar-refractivity contribution is 0.867. The lowest BCUT2D eigenvalue weighted by atomic mass is 10.3. The smallest absolute Gasteiger partial charge is 0.259 e. The largest absolute Gasteiger partial charge is 0.317 e. The van der Waals surface area contributed by atoms with Crippen molar-refractivity contribution in [2.24, 2.45) is 7.05 Å². The van der Waals surface area contributed by atoms with Gasteiger partial charge in [0.05, 0.1) is 15.4 Å². The van der Waals surface area contributed by atoms with Gasteiger partial charge in [-0.2, -0.15) is 0 Å². The zero-order valence-corrected chi connectivity index (χ0v) is 8.58. The summed E-state index contributed by atoms with van der Waals surface area (Å²) in [5, 5.41) is 0.638. The summed E-state index contributed by atoms with van der Waals surface area (Å²) in [5.74, 6) is 0. The average Bonchev–Trinajstić information content (AvgIpc) is 2.15. The van der Waals surface area contributed by atoms with Crippen molar-refractivity contribution in [3.8, 4) is 0 Å². The summed E-state index contributed by atoms with van der Waals surface area (Å²) < 4.78 is 2.37. The number of aryl methyl sites for hydroxylation is 1. The van der Waals surface area contributed by atoms with Crippen LogP contribution < -0.4 is 5.56 Å². The van der Waals surface area contributed by atoms with E-state index in [1.165, 1.54) is 4.57 Å². The van der Waals surface area contributed by atoms with E-state index in [1.54, 1.807) is 31.6 Å². The molecule has 4 heteroatoms. The summed E-state index contributed by atoms with van der Waals surface area (Å²) in [4.78, 5) is 15.7. The van der Waals surface area contributed by atoms with E-state index >= 15 is 0 Å². The highest BCUT2D eigenvalue weighted by molar-refractivity contribution is 9.10. The molecule has 0 saturated heterocycles. The number of rotatable bonds is 0. The highest BCUT2D eigenvalue weighted by Crippen LogP contribution is 2.17. The monoisotopic (exact) mass is 238 g/mol. The molecule has 0 unspecified atom stereocenters. The molecule has 0 saturated carbocycles. The van der Waals surface area contributed by atoms with Crippen LogP contribution in [0, 0.1) is 0 Å². The number of nitrogens with zero attached hydrogens (tertiary/aromatic N) is 2. The van der Waals surface area contributed by atoms with Gasteiger partial charge in [-0.25, -0.2) is 0 Å². The Morgan fingerprint density at radius 2 is 2.31 bits per heavy atom. The Morgan fingerprint density at radius 1 is 1.54 bits per heavy atom. The maximum atomic E-state index is 11.6. The van der Waals surface area contributed by atoms with Gasteiger partial charge in [-0.05, 0) is 28.1 Å². The third-order valence-electron chi connectivity index (χ3n) is 1.89. The van der Waals surface area contributed by atoms with Gasteiger partial charge in [-0.1, -0.05) is 0 Å². The Labute approximate surface area is 83.2 Å². The summed E-state index contributed by atoms with van der Waals surface area (Å²) >= 11 is 3.36. The zero-order valence-electron chi connectivity index (χ0n) is 6.99. The lowest BCUT2D eigenvalue weighted by Gasteiger charge is -2.01. The van der Waals surface area contributed by atoms with Gasteiger partial charge in [0.2, 0.25) is 0 Å². The van der Waals surface area contributed by atoms with Gasteiger partial charge in [0.1, 0.15) is 0 Å². The number of halogens is 1. The Bertz CT molecular complexity index is 518. The van der Waals surface area contributed by atoms with Crippen LogP contribution in [0.1, 0.15) is 0 Å². The van der Waals surface area contributed by atoms with Crippen molar-refractivity contribution in [1.82, 2.24) is 9.55 Å². The van der Waals surface area contributed by atoms with Gasteiger partial charge in [0.15, 0.2) is 0 Å². The fourth-order valence-corrected chi connectivity index (χ4v) is 1.87. The molecule has 0 amide bonds. The Balaban J connectivity index is 3.06. The first-order valence-electron chi connectivity index (χ1n) is 3.80. The topological polar surface area (TPSA) is 34.9 Å². The van der Waals surface area contributed by atoms with Crippen LogP contribution in [0.2, 0.25) is 0 Å². The molecule has 0 N–H and O–H groups in total. The van der Waals surface area contributed by atoms with Gasteiger partial charge in [-0.15, -0.1) is 0 Å². The molecule has 66 valence electrons. The van der Waals surface area contributed by atoms with Crippen molar-refractivity contribution < 1.29 is 0 Å². The van der Waals surface area contributed by atoms with Gasteiger partial charge in [0, 0.05) is 19.4 Å². The van der Waals surface area contributed by atoms with Crippen molar-refractivity contribution in [3.05, 3.63) is 39.4 Å². The Kier molecular flexibility index (Phi) is 1.92. The molecule has 0 aromatic carbocycles. The minimum absolute atomic E-state index is 0.0219.